The van der Waals surface area contributed by atoms with Crippen LogP contribution in [-0.4, -0.2) is 50.1 Å². The first-order valence-corrected chi connectivity index (χ1v) is 8.56. The van der Waals surface area contributed by atoms with Gasteiger partial charge in [-0.05, 0) is 37.6 Å². The Balaban J connectivity index is 1.53. The normalized spacial score (nSPS) is 18.0. The van der Waals surface area contributed by atoms with Gasteiger partial charge in [0.2, 0.25) is 0 Å². The van der Waals surface area contributed by atoms with Gasteiger partial charge in [-0.25, -0.2) is 10.5 Å². The summed E-state index contributed by atoms with van der Waals surface area (Å²) in [6.07, 6.45) is 9.93. The number of carbonyl (C=O) groups excluding carboxylic acids is 1. The predicted molar refractivity (Wildman–Crippen MR) is 97.2 cm³/mol. The molecule has 3 heterocycles. The number of hydroxylamine groups is 1. The minimum Gasteiger partial charge on any atom is -0.365 e. The first-order chi connectivity index (χ1) is 12.7. The number of rotatable bonds is 6. The number of amides is 1. The summed E-state index contributed by atoms with van der Waals surface area (Å²) < 4.78 is 0. The predicted octanol–water partition coefficient (Wildman–Crippen LogP) is 1.47. The molecule has 1 fully saturated rings. The number of nitrogens with zero attached hydrogens (tertiary/aromatic N) is 4. The van der Waals surface area contributed by atoms with Crippen molar-refractivity contribution >= 4 is 17.8 Å². The van der Waals surface area contributed by atoms with Crippen LogP contribution in [0.15, 0.2) is 42.9 Å². The van der Waals surface area contributed by atoms with E-state index in [1.54, 1.807) is 12.4 Å². The minimum absolute atomic E-state index is 0.309. The van der Waals surface area contributed by atoms with Crippen LogP contribution in [0.2, 0.25) is 0 Å². The molecule has 1 aliphatic heterocycles. The van der Waals surface area contributed by atoms with Gasteiger partial charge >= 0.3 is 0 Å². The summed E-state index contributed by atoms with van der Waals surface area (Å²) >= 11 is 0. The molecule has 1 amide bonds. The van der Waals surface area contributed by atoms with Crippen LogP contribution in [0.5, 0.6) is 0 Å². The number of anilines is 1. The van der Waals surface area contributed by atoms with Gasteiger partial charge < -0.3 is 5.32 Å². The molecule has 3 rings (SSSR count). The Morgan fingerprint density at radius 3 is 2.96 bits per heavy atom. The molecule has 0 bridgehead atoms. The van der Waals surface area contributed by atoms with Crippen molar-refractivity contribution < 1.29 is 10.0 Å². The number of aromatic nitrogens is 3. The van der Waals surface area contributed by atoms with Crippen molar-refractivity contribution in [3.05, 3.63) is 54.3 Å². The molecule has 0 unspecified atom stereocenters. The zero-order valence-electron chi connectivity index (χ0n) is 14.4. The number of likely N-dealkylation sites (tertiary alicyclic amines) is 1. The molecule has 2 aromatic heterocycles. The van der Waals surface area contributed by atoms with Crippen LogP contribution in [0.3, 0.4) is 0 Å². The van der Waals surface area contributed by atoms with E-state index in [1.165, 1.54) is 17.6 Å². The quantitative estimate of drug-likeness (QED) is 0.410. The Hall–Kier alpha value is -2.84. The molecule has 136 valence electrons. The van der Waals surface area contributed by atoms with Crippen LogP contribution in [0.1, 0.15) is 24.2 Å². The van der Waals surface area contributed by atoms with Crippen molar-refractivity contribution in [1.82, 2.24) is 25.3 Å². The first-order valence-electron chi connectivity index (χ1n) is 8.56. The van der Waals surface area contributed by atoms with E-state index in [4.69, 9.17) is 5.21 Å². The lowest BCUT2D eigenvalue weighted by Gasteiger charge is -2.33. The Bertz CT molecular complexity index is 735. The van der Waals surface area contributed by atoms with Crippen molar-refractivity contribution in [2.24, 2.45) is 0 Å². The summed E-state index contributed by atoms with van der Waals surface area (Å²) in [5.41, 5.74) is 3.15. The second kappa shape index (κ2) is 9.02. The third-order valence-corrected chi connectivity index (χ3v) is 4.16. The van der Waals surface area contributed by atoms with Crippen LogP contribution in [-0.2, 0) is 11.3 Å². The number of hydrogen-bond donors (Lipinski definition) is 3. The molecule has 1 atom stereocenters. The lowest BCUT2D eigenvalue weighted by atomic mass is 10.1. The van der Waals surface area contributed by atoms with Crippen molar-refractivity contribution in [2.75, 3.05) is 18.4 Å². The van der Waals surface area contributed by atoms with Crippen LogP contribution >= 0.6 is 0 Å². The van der Waals surface area contributed by atoms with Gasteiger partial charge in [0.05, 0.1) is 23.8 Å². The fourth-order valence-electron chi connectivity index (χ4n) is 2.94. The maximum absolute atomic E-state index is 11.0. The second-order valence-corrected chi connectivity index (χ2v) is 6.18. The zero-order valence-corrected chi connectivity index (χ0v) is 14.4. The largest absolute Gasteiger partial charge is 0.365 e. The third kappa shape index (κ3) is 5.33. The van der Waals surface area contributed by atoms with Gasteiger partial charge in [-0.1, -0.05) is 6.07 Å². The molecule has 0 aliphatic carbocycles. The van der Waals surface area contributed by atoms with E-state index in [-0.39, 0.29) is 0 Å². The molecule has 8 heteroatoms. The molecule has 8 nitrogen and oxygen atoms in total. The van der Waals surface area contributed by atoms with E-state index in [1.807, 2.05) is 24.4 Å². The van der Waals surface area contributed by atoms with Gasteiger partial charge in [-0.15, -0.1) is 0 Å². The van der Waals surface area contributed by atoms with Gasteiger partial charge in [-0.2, -0.15) is 0 Å². The Labute approximate surface area is 152 Å². The third-order valence-electron chi connectivity index (χ3n) is 4.16. The fraction of sp³-hybridized carbons (Fsp3) is 0.333. The summed E-state index contributed by atoms with van der Waals surface area (Å²) in [6, 6.07) is 6.30. The van der Waals surface area contributed by atoms with Crippen LogP contribution in [0.25, 0.3) is 6.08 Å². The summed E-state index contributed by atoms with van der Waals surface area (Å²) in [6.45, 7) is 2.84. The SMILES string of the molecule is O=C(/C=C/c1cnc(N[C@@H]2CCCN(Cc3ccccn3)C2)cn1)NO. The number of pyridine rings is 1. The lowest BCUT2D eigenvalue weighted by Crippen LogP contribution is -2.41. The van der Waals surface area contributed by atoms with Gasteiger partial charge in [0.15, 0.2) is 0 Å². The van der Waals surface area contributed by atoms with E-state index in [9.17, 15) is 4.79 Å². The van der Waals surface area contributed by atoms with Crippen molar-refractivity contribution in [3.63, 3.8) is 0 Å². The summed E-state index contributed by atoms with van der Waals surface area (Å²) in [5, 5.41) is 11.9. The summed E-state index contributed by atoms with van der Waals surface area (Å²) in [7, 11) is 0. The molecule has 2 aromatic rings. The van der Waals surface area contributed by atoms with Crippen molar-refractivity contribution in [2.45, 2.75) is 25.4 Å². The average Bonchev–Trinajstić information content (AvgIpc) is 2.68. The monoisotopic (exact) mass is 354 g/mol. The van der Waals surface area contributed by atoms with Gasteiger partial charge in [0.1, 0.15) is 5.82 Å². The molecule has 26 heavy (non-hydrogen) atoms. The molecule has 1 saturated heterocycles. The smallest absolute Gasteiger partial charge is 0.267 e. The first kappa shape index (κ1) is 18.0. The maximum atomic E-state index is 11.0. The number of hydrogen-bond acceptors (Lipinski definition) is 7. The summed E-state index contributed by atoms with van der Waals surface area (Å²) in [5.74, 6) is 0.0997. The Morgan fingerprint density at radius 1 is 1.31 bits per heavy atom. The second-order valence-electron chi connectivity index (χ2n) is 6.18. The van der Waals surface area contributed by atoms with Crippen molar-refractivity contribution in [1.29, 1.82) is 0 Å². The fourth-order valence-corrected chi connectivity index (χ4v) is 2.94. The lowest BCUT2D eigenvalue weighted by molar-refractivity contribution is -0.124. The molecule has 1 aliphatic rings. The molecule has 0 radical (unpaired) electrons. The molecule has 0 aromatic carbocycles. The van der Waals surface area contributed by atoms with E-state index in [0.717, 1.165) is 38.2 Å². The topological polar surface area (TPSA) is 103 Å². The standard InChI is InChI=1S/C18H22N6O2/c25-18(23-26)7-6-14-10-21-17(11-20-14)22-16-5-3-9-24(13-16)12-15-4-1-2-8-19-15/h1-2,4,6-8,10-11,16,26H,3,5,9,12-13H2,(H,21,22)(H,23,25)/b7-6+/t16-/m1/s1. The van der Waals surface area contributed by atoms with E-state index >= 15 is 0 Å². The maximum Gasteiger partial charge on any atom is 0.267 e. The van der Waals surface area contributed by atoms with Gasteiger partial charge in [0.25, 0.3) is 5.91 Å². The number of piperidine rings is 1. The summed E-state index contributed by atoms with van der Waals surface area (Å²) in [4.78, 5) is 26.3. The molecule has 3 N–H and O–H groups in total. The van der Waals surface area contributed by atoms with Crippen LogP contribution in [0.4, 0.5) is 5.82 Å². The molecule has 0 saturated carbocycles. The van der Waals surface area contributed by atoms with Crippen LogP contribution < -0.4 is 10.8 Å². The highest BCUT2D eigenvalue weighted by Gasteiger charge is 2.20. The van der Waals surface area contributed by atoms with Gasteiger partial charge in [0, 0.05) is 31.4 Å². The van der Waals surface area contributed by atoms with E-state index in [0.29, 0.717) is 17.6 Å². The Morgan fingerprint density at radius 2 is 2.23 bits per heavy atom. The molecular formula is C18H22N6O2. The van der Waals surface area contributed by atoms with Crippen molar-refractivity contribution in [3.8, 4) is 0 Å². The highest BCUT2D eigenvalue weighted by Crippen LogP contribution is 2.16. The number of carbonyl (C=O) groups is 1. The minimum atomic E-state index is -0.607. The highest BCUT2D eigenvalue weighted by molar-refractivity contribution is 5.90. The Kier molecular flexibility index (Phi) is 6.24. The molecular weight excluding hydrogens is 332 g/mol. The van der Waals surface area contributed by atoms with Gasteiger partial charge in [-0.3, -0.25) is 24.9 Å². The number of nitrogens with one attached hydrogen (secondary N) is 2. The van der Waals surface area contributed by atoms with E-state index in [2.05, 4.69) is 25.2 Å². The average molecular weight is 354 g/mol. The van der Waals surface area contributed by atoms with Crippen LogP contribution in [0, 0.1) is 0 Å². The zero-order chi connectivity index (χ0) is 18.2. The van der Waals surface area contributed by atoms with E-state index < -0.39 is 5.91 Å². The highest BCUT2D eigenvalue weighted by atomic mass is 16.5. The molecule has 0 spiro atoms.